The van der Waals surface area contributed by atoms with Gasteiger partial charge in [-0.05, 0) is 39.7 Å². The van der Waals surface area contributed by atoms with E-state index in [0.29, 0.717) is 17.9 Å². The number of carbonyl (C=O) groups excluding carboxylic acids is 1. The molecule has 6 heteroatoms. The lowest BCUT2D eigenvalue weighted by atomic mass is 9.94. The van der Waals surface area contributed by atoms with Gasteiger partial charge in [-0.25, -0.2) is 0 Å². The fraction of sp³-hybridized carbons (Fsp3) is 0.778. The van der Waals surface area contributed by atoms with Crippen LogP contribution < -0.4 is 10.6 Å². The summed E-state index contributed by atoms with van der Waals surface area (Å²) in [5.41, 5.74) is 0.873. The summed E-state index contributed by atoms with van der Waals surface area (Å²) in [5.74, 6) is 0.0812. The second-order valence-corrected chi connectivity index (χ2v) is 5.94. The fourth-order valence-electron chi connectivity index (χ4n) is 2.22. The molecular formula is C18H35N3O3. The Morgan fingerprint density at radius 1 is 1.29 bits per heavy atom. The number of nitrogens with zero attached hydrogens (tertiary/aromatic N) is 1. The van der Waals surface area contributed by atoms with Gasteiger partial charge in [-0.2, -0.15) is 0 Å². The molecule has 1 amide bonds. The number of hydrogen-bond donors (Lipinski definition) is 3. The Hall–Kier alpha value is -1.40. The third kappa shape index (κ3) is 7.01. The average molecular weight is 341 g/mol. The summed E-state index contributed by atoms with van der Waals surface area (Å²) >= 11 is 0. The first-order valence-corrected chi connectivity index (χ1v) is 9.06. The van der Waals surface area contributed by atoms with Crippen LogP contribution in [0.2, 0.25) is 0 Å². The molecule has 1 rings (SSSR count). The molecule has 0 aromatic carbocycles. The highest BCUT2D eigenvalue weighted by Crippen LogP contribution is 2.15. The van der Waals surface area contributed by atoms with E-state index in [2.05, 4.69) is 36.6 Å². The number of aliphatic hydroxyl groups excluding tert-OH is 1. The third-order valence-corrected chi connectivity index (χ3v) is 4.20. The molecule has 0 fully saturated rings. The Morgan fingerprint density at radius 3 is 2.46 bits per heavy atom. The number of nitrogens with one attached hydrogen (secondary N) is 2. The summed E-state index contributed by atoms with van der Waals surface area (Å²) < 4.78 is 4.93. The molecule has 1 atom stereocenters. The molecule has 6 nitrogen and oxygen atoms in total. The molecule has 3 N–H and O–H groups in total. The van der Waals surface area contributed by atoms with E-state index in [1.165, 1.54) is 6.42 Å². The Balaban J connectivity index is 0.00000254. The van der Waals surface area contributed by atoms with Crippen molar-refractivity contribution >= 4 is 5.91 Å². The van der Waals surface area contributed by atoms with E-state index >= 15 is 0 Å². The molecule has 0 aliphatic carbocycles. The monoisotopic (exact) mass is 341 g/mol. The Labute approximate surface area is 146 Å². The van der Waals surface area contributed by atoms with Crippen LogP contribution in [0.1, 0.15) is 82.1 Å². The Bertz CT molecular complexity index is 474. The van der Waals surface area contributed by atoms with Gasteiger partial charge in [-0.15, -0.1) is 0 Å². The molecule has 1 aromatic rings. The highest BCUT2D eigenvalue weighted by Gasteiger charge is 2.22. The van der Waals surface area contributed by atoms with Crippen molar-refractivity contribution in [2.75, 3.05) is 13.1 Å². The van der Waals surface area contributed by atoms with Crippen molar-refractivity contribution in [3.8, 4) is 0 Å². The van der Waals surface area contributed by atoms with Crippen molar-refractivity contribution < 1.29 is 14.4 Å². The molecule has 24 heavy (non-hydrogen) atoms. The third-order valence-electron chi connectivity index (χ3n) is 4.20. The van der Waals surface area contributed by atoms with Crippen LogP contribution in [0.4, 0.5) is 0 Å². The van der Waals surface area contributed by atoms with Gasteiger partial charge in [0, 0.05) is 17.6 Å². The topological polar surface area (TPSA) is 87.4 Å². The first-order chi connectivity index (χ1) is 11.5. The number of unbranched alkanes of at least 4 members (excludes halogenated alkanes) is 1. The minimum absolute atomic E-state index is 0.0254. The van der Waals surface area contributed by atoms with Gasteiger partial charge in [-0.3, -0.25) is 4.79 Å². The van der Waals surface area contributed by atoms with Crippen LogP contribution in [0.15, 0.2) is 4.52 Å². The molecule has 0 aliphatic rings. The van der Waals surface area contributed by atoms with Gasteiger partial charge >= 0.3 is 0 Å². The van der Waals surface area contributed by atoms with E-state index in [9.17, 15) is 4.79 Å². The zero-order valence-electron chi connectivity index (χ0n) is 16.2. The molecule has 140 valence electrons. The molecule has 0 bridgehead atoms. The van der Waals surface area contributed by atoms with Gasteiger partial charge in [0.05, 0.1) is 0 Å². The minimum Gasteiger partial charge on any atom is -0.388 e. The predicted octanol–water partition coefficient (Wildman–Crippen LogP) is 3.18. The largest absolute Gasteiger partial charge is 0.388 e. The molecule has 1 aromatic heterocycles. The lowest BCUT2D eigenvalue weighted by Crippen LogP contribution is -2.45. The predicted molar refractivity (Wildman–Crippen MR) is 97.1 cm³/mol. The van der Waals surface area contributed by atoms with Crippen molar-refractivity contribution in [1.82, 2.24) is 15.8 Å². The van der Waals surface area contributed by atoms with Crippen LogP contribution in [-0.4, -0.2) is 34.8 Å². The first-order valence-electron chi connectivity index (χ1n) is 9.06. The number of aromatic nitrogens is 1. The number of aliphatic hydroxyl groups is 1. The van der Waals surface area contributed by atoms with Crippen LogP contribution in [0.25, 0.3) is 0 Å². The van der Waals surface area contributed by atoms with E-state index < -0.39 is 0 Å². The molecule has 1 heterocycles. The summed E-state index contributed by atoms with van der Waals surface area (Å²) in [4.78, 5) is 12.1. The quantitative estimate of drug-likeness (QED) is 0.569. The molecule has 0 saturated heterocycles. The number of hydrogen-bond acceptors (Lipinski definition) is 5. The molecule has 0 aliphatic heterocycles. The highest BCUT2D eigenvalue weighted by molar-refractivity contribution is 5.93. The zero-order valence-corrected chi connectivity index (χ0v) is 16.2. The van der Waals surface area contributed by atoms with E-state index in [0.717, 1.165) is 25.8 Å². The second-order valence-electron chi connectivity index (χ2n) is 5.94. The van der Waals surface area contributed by atoms with Gasteiger partial charge in [-0.1, -0.05) is 39.3 Å². The lowest BCUT2D eigenvalue weighted by molar-refractivity contribution is 0.0939. The van der Waals surface area contributed by atoms with Crippen molar-refractivity contribution in [3.63, 3.8) is 0 Å². The van der Waals surface area contributed by atoms with Gasteiger partial charge in [0.2, 0.25) is 0 Å². The SMILES string of the molecule is CC.CCCCNC(C)(CC)CCNC(=O)c1noc(CO)c1C. The van der Waals surface area contributed by atoms with Crippen molar-refractivity contribution in [1.29, 1.82) is 0 Å². The number of rotatable bonds is 10. The van der Waals surface area contributed by atoms with E-state index in [1.807, 2.05) is 13.8 Å². The number of carbonyl (C=O) groups is 1. The molecule has 0 radical (unpaired) electrons. The highest BCUT2D eigenvalue weighted by atomic mass is 16.5. The van der Waals surface area contributed by atoms with Crippen molar-refractivity contribution in [2.24, 2.45) is 0 Å². The normalized spacial score (nSPS) is 13.0. The van der Waals surface area contributed by atoms with E-state index in [4.69, 9.17) is 9.63 Å². The Morgan fingerprint density at radius 2 is 1.96 bits per heavy atom. The zero-order chi connectivity index (χ0) is 18.6. The minimum atomic E-state index is -0.257. The van der Waals surface area contributed by atoms with Gasteiger partial charge < -0.3 is 20.3 Å². The summed E-state index contributed by atoms with van der Waals surface area (Å²) in [7, 11) is 0. The molecule has 1 unspecified atom stereocenters. The maximum absolute atomic E-state index is 12.1. The van der Waals surface area contributed by atoms with Crippen molar-refractivity contribution in [2.45, 2.75) is 79.4 Å². The smallest absolute Gasteiger partial charge is 0.273 e. The van der Waals surface area contributed by atoms with Crippen LogP contribution in [0, 0.1) is 6.92 Å². The maximum atomic E-state index is 12.1. The Kier molecular flexibility index (Phi) is 11.3. The second kappa shape index (κ2) is 12.0. The molecular weight excluding hydrogens is 306 g/mol. The van der Waals surface area contributed by atoms with Crippen LogP contribution in [0.5, 0.6) is 0 Å². The average Bonchev–Trinajstić information content (AvgIpc) is 2.97. The van der Waals surface area contributed by atoms with Crippen LogP contribution >= 0.6 is 0 Å². The molecule has 0 saturated carbocycles. The maximum Gasteiger partial charge on any atom is 0.273 e. The summed E-state index contributed by atoms with van der Waals surface area (Å²) in [5, 5.41) is 19.2. The lowest BCUT2D eigenvalue weighted by Gasteiger charge is -2.30. The number of amides is 1. The van der Waals surface area contributed by atoms with E-state index in [1.54, 1.807) is 6.92 Å². The van der Waals surface area contributed by atoms with Crippen LogP contribution in [-0.2, 0) is 6.61 Å². The van der Waals surface area contributed by atoms with Crippen molar-refractivity contribution in [3.05, 3.63) is 17.0 Å². The summed E-state index contributed by atoms with van der Waals surface area (Å²) in [6.07, 6.45) is 4.18. The summed E-state index contributed by atoms with van der Waals surface area (Å²) in [6, 6.07) is 0. The summed E-state index contributed by atoms with van der Waals surface area (Å²) in [6.45, 7) is 13.5. The fourth-order valence-corrected chi connectivity index (χ4v) is 2.22. The van der Waals surface area contributed by atoms with Crippen LogP contribution in [0.3, 0.4) is 0 Å². The van der Waals surface area contributed by atoms with Gasteiger partial charge in [0.1, 0.15) is 6.61 Å². The van der Waals surface area contributed by atoms with Gasteiger partial charge in [0.25, 0.3) is 5.91 Å². The van der Waals surface area contributed by atoms with E-state index in [-0.39, 0.29) is 23.7 Å². The molecule has 0 spiro atoms. The standard InChI is InChI=1S/C16H29N3O3.C2H6/c1-5-7-9-18-16(4,6-2)8-10-17-15(21)14-12(3)13(11-20)22-19-14;1-2/h18,20H,5-11H2,1-4H3,(H,17,21);1-2H3. The van der Waals surface area contributed by atoms with Gasteiger partial charge in [0.15, 0.2) is 11.5 Å². The first kappa shape index (κ1) is 22.6.